The van der Waals surface area contributed by atoms with E-state index in [1.807, 2.05) is 0 Å². The average Bonchev–Trinajstić information content (AvgIpc) is 2.51. The number of nitrogens with zero attached hydrogens (tertiary/aromatic N) is 2. The Morgan fingerprint density at radius 2 is 1.57 bits per heavy atom. The Balaban J connectivity index is 2.08. The predicted molar refractivity (Wildman–Crippen MR) is 77.8 cm³/mol. The van der Waals surface area contributed by atoms with Gasteiger partial charge in [-0.2, -0.15) is 0 Å². The van der Waals surface area contributed by atoms with Gasteiger partial charge in [0.1, 0.15) is 18.0 Å². The largest absolute Gasteiger partial charge is 0.236 e. The average molecular weight is 303 g/mol. The molecule has 21 heavy (non-hydrogen) atoms. The third-order valence-electron chi connectivity index (χ3n) is 3.03. The molecule has 0 spiro atoms. The minimum Gasteiger partial charge on any atom is -0.236 e. The van der Waals surface area contributed by atoms with Crippen molar-refractivity contribution in [3.05, 3.63) is 71.5 Å². The first kappa shape index (κ1) is 13.6. The van der Waals surface area contributed by atoms with E-state index in [2.05, 4.69) is 9.97 Å². The smallest absolute Gasteiger partial charge is 0.141 e. The van der Waals surface area contributed by atoms with Crippen LogP contribution in [-0.4, -0.2) is 9.97 Å². The first-order valence-corrected chi connectivity index (χ1v) is 6.55. The molecule has 0 saturated heterocycles. The quantitative estimate of drug-likeness (QED) is 0.683. The van der Waals surface area contributed by atoms with Gasteiger partial charge in [-0.1, -0.05) is 23.7 Å². The topological polar surface area (TPSA) is 25.8 Å². The normalized spacial score (nSPS) is 10.6. The minimum absolute atomic E-state index is 0.0125. The van der Waals surface area contributed by atoms with Gasteiger partial charge in [0.05, 0.1) is 16.4 Å². The van der Waals surface area contributed by atoms with Crippen molar-refractivity contribution in [2.24, 2.45) is 0 Å². The number of hydrogen-bond acceptors (Lipinski definition) is 2. The second kappa shape index (κ2) is 5.58. The Morgan fingerprint density at radius 1 is 0.810 bits per heavy atom. The van der Waals surface area contributed by atoms with E-state index in [0.29, 0.717) is 22.5 Å². The molecule has 0 amide bonds. The third-order valence-corrected chi connectivity index (χ3v) is 3.32. The SMILES string of the molecule is Fc1ccc(-c2cc(-c3ccccc3F)ncn2)cc1Cl. The van der Waals surface area contributed by atoms with Crippen LogP contribution in [0.5, 0.6) is 0 Å². The molecular formula is C16H9ClF2N2. The van der Waals surface area contributed by atoms with Crippen molar-refractivity contribution >= 4 is 11.6 Å². The fraction of sp³-hybridized carbons (Fsp3) is 0. The molecule has 0 bridgehead atoms. The molecule has 0 aliphatic heterocycles. The van der Waals surface area contributed by atoms with Crippen LogP contribution in [0.25, 0.3) is 22.5 Å². The van der Waals surface area contributed by atoms with Crippen LogP contribution in [0.2, 0.25) is 5.02 Å². The van der Waals surface area contributed by atoms with Crippen LogP contribution in [0, 0.1) is 11.6 Å². The van der Waals surface area contributed by atoms with Gasteiger partial charge in [-0.15, -0.1) is 0 Å². The predicted octanol–water partition coefficient (Wildman–Crippen LogP) is 4.74. The maximum absolute atomic E-state index is 13.8. The van der Waals surface area contributed by atoms with E-state index in [9.17, 15) is 8.78 Å². The fourth-order valence-electron chi connectivity index (χ4n) is 1.99. The molecule has 1 heterocycles. The Labute approximate surface area is 125 Å². The lowest BCUT2D eigenvalue weighted by Crippen LogP contribution is -1.92. The molecule has 0 aliphatic carbocycles. The van der Waals surface area contributed by atoms with E-state index in [-0.39, 0.29) is 10.8 Å². The molecular weight excluding hydrogens is 294 g/mol. The van der Waals surface area contributed by atoms with Crippen molar-refractivity contribution in [1.29, 1.82) is 0 Å². The number of aromatic nitrogens is 2. The minimum atomic E-state index is -0.496. The molecule has 3 rings (SSSR count). The molecule has 1 aromatic heterocycles. The summed E-state index contributed by atoms with van der Waals surface area (Å²) in [5, 5.41) is 0.0125. The zero-order chi connectivity index (χ0) is 14.8. The monoisotopic (exact) mass is 302 g/mol. The molecule has 104 valence electrons. The Bertz CT molecular complexity index is 806. The van der Waals surface area contributed by atoms with E-state index in [4.69, 9.17) is 11.6 Å². The summed E-state index contributed by atoms with van der Waals surface area (Å²) in [6.07, 6.45) is 1.34. The summed E-state index contributed by atoms with van der Waals surface area (Å²) in [5.41, 5.74) is 2.03. The lowest BCUT2D eigenvalue weighted by atomic mass is 10.1. The van der Waals surface area contributed by atoms with Gasteiger partial charge in [-0.3, -0.25) is 0 Å². The molecule has 5 heteroatoms. The van der Waals surface area contributed by atoms with Gasteiger partial charge in [-0.05, 0) is 36.4 Å². The van der Waals surface area contributed by atoms with Crippen molar-refractivity contribution < 1.29 is 8.78 Å². The highest BCUT2D eigenvalue weighted by atomic mass is 35.5. The van der Waals surface area contributed by atoms with Crippen LogP contribution in [0.1, 0.15) is 0 Å². The summed E-state index contributed by atoms with van der Waals surface area (Å²) in [5.74, 6) is -0.858. The molecule has 2 aromatic carbocycles. The van der Waals surface area contributed by atoms with Gasteiger partial charge in [0.25, 0.3) is 0 Å². The van der Waals surface area contributed by atoms with Gasteiger partial charge in [0, 0.05) is 11.1 Å². The number of halogens is 3. The van der Waals surface area contributed by atoms with E-state index >= 15 is 0 Å². The zero-order valence-corrected chi connectivity index (χ0v) is 11.5. The highest BCUT2D eigenvalue weighted by Crippen LogP contribution is 2.27. The van der Waals surface area contributed by atoms with Crippen LogP contribution in [0.15, 0.2) is 54.9 Å². The molecule has 0 atom stereocenters. The van der Waals surface area contributed by atoms with Crippen molar-refractivity contribution in [3.63, 3.8) is 0 Å². The standard InChI is InChI=1S/C16H9ClF2N2/c17-12-7-10(5-6-14(12)19)15-8-16(21-9-20-15)11-3-1-2-4-13(11)18/h1-9H. The van der Waals surface area contributed by atoms with Gasteiger partial charge in [0.15, 0.2) is 0 Å². The summed E-state index contributed by atoms with van der Waals surface area (Å²) in [4.78, 5) is 8.20. The summed E-state index contributed by atoms with van der Waals surface area (Å²) in [7, 11) is 0. The van der Waals surface area contributed by atoms with Gasteiger partial charge in [-0.25, -0.2) is 18.7 Å². The summed E-state index contributed by atoms with van der Waals surface area (Å²) in [6.45, 7) is 0. The number of benzene rings is 2. The highest BCUT2D eigenvalue weighted by molar-refractivity contribution is 6.31. The Hall–Kier alpha value is -2.33. The van der Waals surface area contributed by atoms with Crippen molar-refractivity contribution in [2.75, 3.05) is 0 Å². The molecule has 0 N–H and O–H groups in total. The molecule has 2 nitrogen and oxygen atoms in total. The van der Waals surface area contributed by atoms with Crippen LogP contribution in [-0.2, 0) is 0 Å². The van der Waals surface area contributed by atoms with Crippen molar-refractivity contribution in [3.8, 4) is 22.5 Å². The maximum Gasteiger partial charge on any atom is 0.141 e. The maximum atomic E-state index is 13.8. The molecule has 0 unspecified atom stereocenters. The second-order valence-corrected chi connectivity index (χ2v) is 4.80. The fourth-order valence-corrected chi connectivity index (χ4v) is 2.17. The van der Waals surface area contributed by atoms with Crippen LogP contribution in [0.3, 0.4) is 0 Å². The first-order valence-electron chi connectivity index (χ1n) is 6.17. The van der Waals surface area contributed by atoms with Crippen molar-refractivity contribution in [2.45, 2.75) is 0 Å². The highest BCUT2D eigenvalue weighted by Gasteiger charge is 2.09. The number of hydrogen-bond donors (Lipinski definition) is 0. The molecule has 0 radical (unpaired) electrons. The molecule has 0 aliphatic rings. The lowest BCUT2D eigenvalue weighted by molar-refractivity contribution is 0.628. The van der Waals surface area contributed by atoms with Crippen LogP contribution >= 0.6 is 11.6 Å². The zero-order valence-electron chi connectivity index (χ0n) is 10.7. The van der Waals surface area contributed by atoms with Gasteiger partial charge >= 0.3 is 0 Å². The summed E-state index contributed by atoms with van der Waals surface area (Å²) in [6, 6.07) is 12.3. The van der Waals surface area contributed by atoms with E-state index in [1.165, 1.54) is 24.5 Å². The van der Waals surface area contributed by atoms with E-state index < -0.39 is 5.82 Å². The first-order chi connectivity index (χ1) is 10.1. The molecule has 0 saturated carbocycles. The third kappa shape index (κ3) is 2.76. The van der Waals surface area contributed by atoms with Crippen molar-refractivity contribution in [1.82, 2.24) is 9.97 Å². The molecule has 3 aromatic rings. The molecule has 0 fully saturated rings. The van der Waals surface area contributed by atoms with E-state index in [0.717, 1.165) is 0 Å². The van der Waals surface area contributed by atoms with Crippen LogP contribution in [0.4, 0.5) is 8.78 Å². The lowest BCUT2D eigenvalue weighted by Gasteiger charge is -2.06. The van der Waals surface area contributed by atoms with Crippen LogP contribution < -0.4 is 0 Å². The number of rotatable bonds is 2. The summed E-state index contributed by atoms with van der Waals surface area (Å²) >= 11 is 5.77. The Morgan fingerprint density at radius 3 is 2.33 bits per heavy atom. The van der Waals surface area contributed by atoms with Gasteiger partial charge in [0.2, 0.25) is 0 Å². The van der Waals surface area contributed by atoms with E-state index in [1.54, 1.807) is 30.3 Å². The second-order valence-electron chi connectivity index (χ2n) is 4.40. The summed E-state index contributed by atoms with van der Waals surface area (Å²) < 4.78 is 27.0. The Kier molecular flexibility index (Phi) is 3.62. The van der Waals surface area contributed by atoms with Gasteiger partial charge < -0.3 is 0 Å².